The maximum atomic E-state index is 13.3. The van der Waals surface area contributed by atoms with Crippen LogP contribution in [0.25, 0.3) is 11.1 Å². The summed E-state index contributed by atoms with van der Waals surface area (Å²) in [7, 11) is 0. The Labute approximate surface area is 185 Å². The van der Waals surface area contributed by atoms with E-state index in [0.29, 0.717) is 36.0 Å². The molecule has 172 valence electrons. The smallest absolute Gasteiger partial charge is 0.430 e. The molecule has 0 fully saturated rings. The average Bonchev–Trinajstić information content (AvgIpc) is 2.69. The number of unbranched alkanes of at least 4 members (excludes halogenated alkanes) is 1. The minimum absolute atomic E-state index is 0.241. The third-order valence-corrected chi connectivity index (χ3v) is 5.37. The van der Waals surface area contributed by atoms with Gasteiger partial charge >= 0.3 is 12.4 Å². The standard InChI is InChI=1S/C22H23BrF6O2/c1-2-6-15-13-17(20(30,21(24,25)26)22(27,28)29)9-10-19(15)16-7-5-8-18(14-16)31-12-4-3-11-23/h5,7-10,13-14,30H,2-4,6,11-12H2,1H3. The van der Waals surface area contributed by atoms with Crippen molar-refractivity contribution in [2.45, 2.75) is 50.6 Å². The molecule has 2 aromatic rings. The second kappa shape index (κ2) is 10.3. The van der Waals surface area contributed by atoms with E-state index >= 15 is 0 Å². The Hall–Kier alpha value is -1.74. The maximum absolute atomic E-state index is 13.3. The van der Waals surface area contributed by atoms with Crippen LogP contribution in [0.15, 0.2) is 42.5 Å². The lowest BCUT2D eigenvalue weighted by Crippen LogP contribution is -2.53. The van der Waals surface area contributed by atoms with E-state index in [-0.39, 0.29) is 12.0 Å². The van der Waals surface area contributed by atoms with Crippen molar-refractivity contribution in [3.05, 3.63) is 53.6 Å². The van der Waals surface area contributed by atoms with Gasteiger partial charge in [0.25, 0.3) is 5.60 Å². The molecule has 1 N–H and O–H groups in total. The first kappa shape index (κ1) is 25.5. The minimum atomic E-state index is -5.92. The first-order chi connectivity index (χ1) is 14.5. The number of alkyl halides is 7. The molecule has 2 aromatic carbocycles. The lowest BCUT2D eigenvalue weighted by Gasteiger charge is -2.33. The number of aliphatic hydroxyl groups is 1. The summed E-state index contributed by atoms with van der Waals surface area (Å²) in [6.45, 7) is 2.25. The molecule has 0 spiro atoms. The Kier molecular flexibility index (Phi) is 8.44. The quantitative estimate of drug-likeness (QED) is 0.219. The van der Waals surface area contributed by atoms with Gasteiger partial charge in [-0.3, -0.25) is 0 Å². The van der Waals surface area contributed by atoms with Crippen molar-refractivity contribution in [3.8, 4) is 16.9 Å². The van der Waals surface area contributed by atoms with Crippen molar-refractivity contribution in [2.75, 3.05) is 11.9 Å². The van der Waals surface area contributed by atoms with Crippen molar-refractivity contribution >= 4 is 15.9 Å². The van der Waals surface area contributed by atoms with E-state index < -0.39 is 23.5 Å². The third kappa shape index (κ3) is 5.74. The van der Waals surface area contributed by atoms with Gasteiger partial charge in [0.2, 0.25) is 0 Å². The first-order valence-corrected chi connectivity index (χ1v) is 10.9. The molecule has 0 aliphatic heterocycles. The average molecular weight is 513 g/mol. The van der Waals surface area contributed by atoms with Gasteiger partial charge in [-0.2, -0.15) is 26.3 Å². The van der Waals surface area contributed by atoms with Crippen LogP contribution in [0.3, 0.4) is 0 Å². The summed E-state index contributed by atoms with van der Waals surface area (Å²) < 4.78 is 85.3. The largest absolute Gasteiger partial charge is 0.494 e. The summed E-state index contributed by atoms with van der Waals surface area (Å²) in [6, 6.07) is 9.51. The van der Waals surface area contributed by atoms with Gasteiger partial charge in [-0.1, -0.05) is 59.6 Å². The fourth-order valence-electron chi connectivity index (χ4n) is 3.20. The number of hydrogen-bond acceptors (Lipinski definition) is 2. The molecular formula is C22H23BrF6O2. The molecule has 0 amide bonds. The highest BCUT2D eigenvalue weighted by atomic mass is 79.9. The van der Waals surface area contributed by atoms with Crippen molar-refractivity contribution in [1.29, 1.82) is 0 Å². The van der Waals surface area contributed by atoms with E-state index in [1.165, 1.54) is 6.07 Å². The predicted octanol–water partition coefficient (Wildman–Crippen LogP) is 7.17. The van der Waals surface area contributed by atoms with E-state index in [2.05, 4.69) is 15.9 Å². The number of rotatable bonds is 9. The molecule has 0 saturated heterocycles. The molecule has 0 aliphatic carbocycles. The molecule has 0 heterocycles. The van der Waals surface area contributed by atoms with E-state index in [4.69, 9.17) is 4.74 Å². The molecule has 2 nitrogen and oxygen atoms in total. The third-order valence-electron chi connectivity index (χ3n) is 4.80. The highest BCUT2D eigenvalue weighted by Gasteiger charge is 2.71. The number of halogens is 7. The van der Waals surface area contributed by atoms with Gasteiger partial charge in [-0.05, 0) is 48.1 Å². The van der Waals surface area contributed by atoms with Crippen LogP contribution in [0.1, 0.15) is 37.3 Å². The minimum Gasteiger partial charge on any atom is -0.494 e. The van der Waals surface area contributed by atoms with Crippen LogP contribution in [-0.4, -0.2) is 29.4 Å². The molecule has 0 aliphatic rings. The summed E-state index contributed by atoms with van der Waals surface area (Å²) in [5.41, 5.74) is -4.81. The van der Waals surface area contributed by atoms with Gasteiger partial charge in [0.15, 0.2) is 0 Å². The SMILES string of the molecule is CCCc1cc(C(O)(C(F)(F)F)C(F)(F)F)ccc1-c1cccc(OCCCCBr)c1. The molecule has 0 saturated carbocycles. The summed E-state index contributed by atoms with van der Waals surface area (Å²) in [5, 5.41) is 10.6. The van der Waals surface area contributed by atoms with Crippen LogP contribution in [0.4, 0.5) is 26.3 Å². The molecule has 0 atom stereocenters. The van der Waals surface area contributed by atoms with Crippen LogP contribution in [0, 0.1) is 0 Å². The fraction of sp³-hybridized carbons (Fsp3) is 0.455. The van der Waals surface area contributed by atoms with Gasteiger partial charge in [0.1, 0.15) is 5.75 Å². The monoisotopic (exact) mass is 512 g/mol. The molecule has 0 radical (unpaired) electrons. The van der Waals surface area contributed by atoms with E-state index in [0.717, 1.165) is 24.2 Å². The van der Waals surface area contributed by atoms with Crippen molar-refractivity contribution < 1.29 is 36.2 Å². The zero-order valence-corrected chi connectivity index (χ0v) is 18.4. The second-order valence-electron chi connectivity index (χ2n) is 7.10. The molecular weight excluding hydrogens is 490 g/mol. The Morgan fingerprint density at radius 3 is 2.19 bits per heavy atom. The van der Waals surface area contributed by atoms with E-state index in [1.54, 1.807) is 31.2 Å². The summed E-state index contributed by atoms with van der Waals surface area (Å²) in [5.74, 6) is 0.556. The van der Waals surface area contributed by atoms with Gasteiger partial charge in [0.05, 0.1) is 6.61 Å². The lowest BCUT2D eigenvalue weighted by atomic mass is 9.87. The molecule has 0 unspecified atom stereocenters. The van der Waals surface area contributed by atoms with Crippen LogP contribution < -0.4 is 4.74 Å². The summed E-state index contributed by atoms with van der Waals surface area (Å²) in [4.78, 5) is 0. The normalized spacial score (nSPS) is 12.8. The van der Waals surface area contributed by atoms with E-state index in [9.17, 15) is 31.4 Å². The van der Waals surface area contributed by atoms with Gasteiger partial charge in [0, 0.05) is 10.9 Å². The summed E-state index contributed by atoms with van der Waals surface area (Å²) in [6.07, 6.45) is -9.33. The van der Waals surface area contributed by atoms with Crippen LogP contribution in [-0.2, 0) is 12.0 Å². The van der Waals surface area contributed by atoms with Crippen molar-refractivity contribution in [1.82, 2.24) is 0 Å². The van der Waals surface area contributed by atoms with Crippen LogP contribution in [0.5, 0.6) is 5.75 Å². The second-order valence-corrected chi connectivity index (χ2v) is 7.89. The lowest BCUT2D eigenvalue weighted by molar-refractivity contribution is -0.376. The maximum Gasteiger partial charge on any atom is 0.430 e. The van der Waals surface area contributed by atoms with Crippen LogP contribution in [0.2, 0.25) is 0 Å². The molecule has 0 aromatic heterocycles. The molecule has 0 bridgehead atoms. The molecule has 9 heteroatoms. The van der Waals surface area contributed by atoms with Crippen molar-refractivity contribution in [3.63, 3.8) is 0 Å². The van der Waals surface area contributed by atoms with E-state index in [1.807, 2.05) is 0 Å². The summed E-state index contributed by atoms with van der Waals surface area (Å²) >= 11 is 3.33. The Bertz CT molecular complexity index is 850. The number of hydrogen-bond donors (Lipinski definition) is 1. The predicted molar refractivity (Wildman–Crippen MR) is 110 cm³/mol. The fourth-order valence-corrected chi connectivity index (χ4v) is 3.60. The molecule has 31 heavy (non-hydrogen) atoms. The Morgan fingerprint density at radius 1 is 0.935 bits per heavy atom. The van der Waals surface area contributed by atoms with Gasteiger partial charge < -0.3 is 9.84 Å². The number of benzene rings is 2. The van der Waals surface area contributed by atoms with Crippen LogP contribution >= 0.6 is 15.9 Å². The highest BCUT2D eigenvalue weighted by molar-refractivity contribution is 9.09. The van der Waals surface area contributed by atoms with Gasteiger partial charge in [-0.15, -0.1) is 0 Å². The zero-order chi connectivity index (χ0) is 23.3. The highest BCUT2D eigenvalue weighted by Crippen LogP contribution is 2.50. The zero-order valence-electron chi connectivity index (χ0n) is 16.8. The Balaban J connectivity index is 2.48. The Morgan fingerprint density at radius 2 is 1.61 bits per heavy atom. The van der Waals surface area contributed by atoms with Crippen molar-refractivity contribution in [2.24, 2.45) is 0 Å². The number of ether oxygens (including phenoxy) is 1. The van der Waals surface area contributed by atoms with Gasteiger partial charge in [-0.25, -0.2) is 0 Å². The topological polar surface area (TPSA) is 29.5 Å². The molecule has 2 rings (SSSR count). The number of aryl methyl sites for hydroxylation is 1. The first-order valence-electron chi connectivity index (χ1n) is 9.74.